The van der Waals surface area contributed by atoms with Gasteiger partial charge in [-0.2, -0.15) is 0 Å². The van der Waals surface area contributed by atoms with Crippen LogP contribution in [-0.2, 0) is 24.8 Å². The molecule has 0 saturated carbocycles. The number of para-hydroxylation sites is 1. The van der Waals surface area contributed by atoms with E-state index in [4.69, 9.17) is 9.47 Å². The van der Waals surface area contributed by atoms with E-state index in [0.29, 0.717) is 30.1 Å². The van der Waals surface area contributed by atoms with Crippen molar-refractivity contribution in [2.24, 2.45) is 7.05 Å². The summed E-state index contributed by atoms with van der Waals surface area (Å²) in [6.45, 7) is 4.68. The van der Waals surface area contributed by atoms with Crippen molar-refractivity contribution in [2.45, 2.75) is 32.4 Å². The van der Waals surface area contributed by atoms with Gasteiger partial charge in [0.15, 0.2) is 18.1 Å². The minimum Gasteiger partial charge on any atom is -0.483 e. The lowest BCUT2D eigenvalue weighted by molar-refractivity contribution is -0.123. The van der Waals surface area contributed by atoms with Gasteiger partial charge in [0, 0.05) is 49.9 Å². The zero-order valence-electron chi connectivity index (χ0n) is 16.9. The number of fused-ring (bicyclic) bond motifs is 2. The average Bonchev–Trinajstić information content (AvgIpc) is 3.20. The summed E-state index contributed by atoms with van der Waals surface area (Å²) in [5.74, 6) is 1.05. The van der Waals surface area contributed by atoms with Crippen LogP contribution in [0.1, 0.15) is 19.4 Å². The van der Waals surface area contributed by atoms with Gasteiger partial charge in [-0.05, 0) is 32.0 Å². The third kappa shape index (κ3) is 3.85. The van der Waals surface area contributed by atoms with Crippen LogP contribution < -0.4 is 20.3 Å². The fourth-order valence-electron chi connectivity index (χ4n) is 3.72. The lowest BCUT2D eigenvalue weighted by Crippen LogP contribution is -2.33. The van der Waals surface area contributed by atoms with E-state index in [1.807, 2.05) is 62.0 Å². The van der Waals surface area contributed by atoms with Crippen LogP contribution in [0.25, 0.3) is 10.9 Å². The van der Waals surface area contributed by atoms with Crippen molar-refractivity contribution in [3.8, 4) is 11.5 Å². The quantitative estimate of drug-likeness (QED) is 0.695. The van der Waals surface area contributed by atoms with Crippen LogP contribution in [0.15, 0.2) is 47.5 Å². The van der Waals surface area contributed by atoms with E-state index < -0.39 is 0 Å². The molecular formula is C22H25N3O4. The van der Waals surface area contributed by atoms with Gasteiger partial charge in [0.2, 0.25) is 0 Å². The number of hydrogen-bond donors (Lipinski definition) is 1. The van der Waals surface area contributed by atoms with Crippen molar-refractivity contribution in [1.29, 1.82) is 0 Å². The monoisotopic (exact) mass is 395 g/mol. The first kappa shape index (κ1) is 19.1. The van der Waals surface area contributed by atoms with Crippen LogP contribution in [0.2, 0.25) is 0 Å². The Hall–Kier alpha value is -3.22. The molecule has 2 aromatic heterocycles. The number of carbonyl (C=O) groups is 1. The molecule has 0 unspecified atom stereocenters. The minimum absolute atomic E-state index is 0.0693. The molecule has 0 radical (unpaired) electrons. The summed E-state index contributed by atoms with van der Waals surface area (Å²) >= 11 is 0. The number of amides is 1. The zero-order chi connectivity index (χ0) is 20.6. The highest BCUT2D eigenvalue weighted by molar-refractivity contribution is 5.79. The predicted molar refractivity (Wildman–Crippen MR) is 111 cm³/mol. The number of aryl methyl sites for hydroxylation is 1. The number of rotatable bonds is 6. The van der Waals surface area contributed by atoms with E-state index in [1.54, 1.807) is 10.8 Å². The number of benzene rings is 1. The molecule has 1 amide bonds. The Morgan fingerprint density at radius 3 is 2.86 bits per heavy atom. The van der Waals surface area contributed by atoms with Crippen molar-refractivity contribution in [3.63, 3.8) is 0 Å². The first-order valence-electron chi connectivity index (χ1n) is 9.69. The van der Waals surface area contributed by atoms with E-state index in [9.17, 15) is 9.59 Å². The number of ether oxygens (including phenoxy) is 2. The van der Waals surface area contributed by atoms with Gasteiger partial charge in [0.05, 0.1) is 0 Å². The van der Waals surface area contributed by atoms with Gasteiger partial charge in [-0.3, -0.25) is 9.59 Å². The molecule has 152 valence electrons. The molecule has 0 bridgehead atoms. The second-order valence-electron chi connectivity index (χ2n) is 7.97. The molecule has 29 heavy (non-hydrogen) atoms. The molecule has 0 spiro atoms. The smallest absolute Gasteiger partial charge is 0.275 e. The lowest BCUT2D eigenvalue weighted by Gasteiger charge is -2.18. The zero-order valence-corrected chi connectivity index (χ0v) is 16.9. The van der Waals surface area contributed by atoms with E-state index >= 15 is 0 Å². The van der Waals surface area contributed by atoms with Crippen molar-refractivity contribution < 1.29 is 14.3 Å². The second kappa shape index (κ2) is 7.31. The van der Waals surface area contributed by atoms with Gasteiger partial charge in [-0.1, -0.05) is 12.1 Å². The van der Waals surface area contributed by atoms with Crippen LogP contribution in [0.3, 0.4) is 0 Å². The molecule has 1 aliphatic heterocycles. The molecule has 0 aliphatic carbocycles. The Morgan fingerprint density at radius 1 is 1.24 bits per heavy atom. The summed E-state index contributed by atoms with van der Waals surface area (Å²) in [6, 6.07) is 9.54. The highest BCUT2D eigenvalue weighted by Gasteiger charge is 2.32. The molecule has 1 aliphatic rings. The van der Waals surface area contributed by atoms with Gasteiger partial charge in [-0.25, -0.2) is 0 Å². The van der Waals surface area contributed by atoms with E-state index in [-0.39, 0.29) is 23.7 Å². The summed E-state index contributed by atoms with van der Waals surface area (Å²) < 4.78 is 15.0. The third-order valence-corrected chi connectivity index (χ3v) is 5.09. The topological polar surface area (TPSA) is 74.5 Å². The minimum atomic E-state index is -0.267. The average molecular weight is 395 g/mol. The first-order chi connectivity index (χ1) is 13.8. The normalized spacial score (nSPS) is 14.4. The van der Waals surface area contributed by atoms with Crippen LogP contribution >= 0.6 is 0 Å². The van der Waals surface area contributed by atoms with Crippen LogP contribution in [0.4, 0.5) is 0 Å². The van der Waals surface area contributed by atoms with Crippen molar-refractivity contribution in [1.82, 2.24) is 14.5 Å². The fourth-order valence-corrected chi connectivity index (χ4v) is 3.72. The molecule has 7 heteroatoms. The van der Waals surface area contributed by atoms with Crippen molar-refractivity contribution in [3.05, 3.63) is 58.6 Å². The Labute approximate surface area is 168 Å². The highest BCUT2D eigenvalue weighted by Crippen LogP contribution is 2.41. The SMILES string of the molecule is Cn1ccc2ccn(CCNC(=O)COc3cccc4c3OC(C)(C)C4)c(=O)c21. The highest BCUT2D eigenvalue weighted by atomic mass is 16.5. The summed E-state index contributed by atoms with van der Waals surface area (Å²) in [7, 11) is 1.85. The molecule has 0 fully saturated rings. The maximum absolute atomic E-state index is 12.5. The van der Waals surface area contributed by atoms with Gasteiger partial charge in [0.25, 0.3) is 11.5 Å². The van der Waals surface area contributed by atoms with Gasteiger partial charge in [-0.15, -0.1) is 0 Å². The standard InChI is InChI=1S/C22H25N3O4/c1-22(2)13-16-5-4-6-17(20(16)29-22)28-14-18(26)23-9-12-25-11-8-15-7-10-24(3)19(15)21(25)27/h4-8,10-11H,9,12-14H2,1-3H3,(H,23,26). The Kier molecular flexibility index (Phi) is 4.82. The number of aromatic nitrogens is 2. The molecule has 7 nitrogen and oxygen atoms in total. The predicted octanol–water partition coefficient (Wildman–Crippen LogP) is 2.25. The Balaban J connectivity index is 1.32. The maximum Gasteiger partial charge on any atom is 0.275 e. The third-order valence-electron chi connectivity index (χ3n) is 5.09. The van der Waals surface area contributed by atoms with E-state index in [0.717, 1.165) is 17.4 Å². The molecule has 0 saturated heterocycles. The van der Waals surface area contributed by atoms with E-state index in [1.165, 1.54) is 0 Å². The Morgan fingerprint density at radius 2 is 2.03 bits per heavy atom. The molecule has 1 N–H and O–H groups in total. The molecule has 3 heterocycles. The number of hydrogen-bond acceptors (Lipinski definition) is 4. The second-order valence-corrected chi connectivity index (χ2v) is 7.97. The summed E-state index contributed by atoms with van der Waals surface area (Å²) in [5, 5.41) is 3.71. The number of nitrogens with zero attached hydrogens (tertiary/aromatic N) is 2. The van der Waals surface area contributed by atoms with Crippen molar-refractivity contribution >= 4 is 16.8 Å². The summed E-state index contributed by atoms with van der Waals surface area (Å²) in [4.78, 5) is 24.7. The fraction of sp³-hybridized carbons (Fsp3) is 0.364. The van der Waals surface area contributed by atoms with Crippen LogP contribution in [-0.4, -0.2) is 33.8 Å². The molecule has 1 aromatic carbocycles. The maximum atomic E-state index is 12.5. The van der Waals surface area contributed by atoms with Gasteiger partial charge >= 0.3 is 0 Å². The largest absolute Gasteiger partial charge is 0.483 e. The molecule has 0 atom stereocenters. The Bertz CT molecular complexity index is 1130. The van der Waals surface area contributed by atoms with Crippen LogP contribution in [0, 0.1) is 0 Å². The number of pyridine rings is 1. The van der Waals surface area contributed by atoms with Gasteiger partial charge in [0.1, 0.15) is 11.1 Å². The van der Waals surface area contributed by atoms with Crippen molar-refractivity contribution in [2.75, 3.05) is 13.2 Å². The summed E-state index contributed by atoms with van der Waals surface area (Å²) in [5.41, 5.74) is 1.41. The summed E-state index contributed by atoms with van der Waals surface area (Å²) in [6.07, 6.45) is 4.42. The van der Waals surface area contributed by atoms with Crippen LogP contribution in [0.5, 0.6) is 11.5 Å². The number of nitrogens with one attached hydrogen (secondary N) is 1. The first-order valence-corrected chi connectivity index (χ1v) is 9.69. The van der Waals surface area contributed by atoms with Gasteiger partial charge < -0.3 is 23.9 Å². The molecule has 4 rings (SSSR count). The van der Waals surface area contributed by atoms with E-state index in [2.05, 4.69) is 5.32 Å². The lowest BCUT2D eigenvalue weighted by atomic mass is 10.0. The number of carbonyl (C=O) groups excluding carboxylic acids is 1. The molecular weight excluding hydrogens is 370 g/mol. The molecule has 3 aromatic rings.